The number of carbonyl (C=O) groups is 1. The lowest BCUT2D eigenvalue weighted by molar-refractivity contribution is 0.0998. The number of furan rings is 1. The van der Waals surface area contributed by atoms with E-state index >= 15 is 0 Å². The van der Waals surface area contributed by atoms with Gasteiger partial charge in [0.1, 0.15) is 28.6 Å². The largest absolute Gasteiger partial charge is 0.497 e. The second-order valence-corrected chi connectivity index (χ2v) is 7.49. The van der Waals surface area contributed by atoms with Crippen LogP contribution in [0.4, 0.5) is 11.4 Å². The first kappa shape index (κ1) is 22.8. The Labute approximate surface area is 197 Å². The number of nitrogens with one attached hydrogen (secondary N) is 2. The van der Waals surface area contributed by atoms with E-state index in [4.69, 9.17) is 23.4 Å². The van der Waals surface area contributed by atoms with Crippen molar-refractivity contribution in [1.29, 1.82) is 0 Å². The van der Waals surface area contributed by atoms with Crippen molar-refractivity contribution in [3.63, 3.8) is 0 Å². The monoisotopic (exact) mass is 462 g/mol. The Bertz CT molecular complexity index is 1270. The SMILES string of the molecule is COc1cc(CNc2ccc3oc(C(=O)Nc4cc(OC)cc(OC)c4)cc3c2)cc(OC)c1. The molecule has 0 atom stereocenters. The van der Waals surface area contributed by atoms with Crippen molar-refractivity contribution < 1.29 is 28.2 Å². The van der Waals surface area contributed by atoms with Crippen LogP contribution in [-0.2, 0) is 6.54 Å². The highest BCUT2D eigenvalue weighted by Gasteiger charge is 2.14. The van der Waals surface area contributed by atoms with E-state index in [1.165, 1.54) is 0 Å². The molecule has 1 amide bonds. The molecule has 8 heteroatoms. The number of anilines is 2. The van der Waals surface area contributed by atoms with E-state index in [2.05, 4.69) is 10.6 Å². The average molecular weight is 463 g/mol. The molecule has 2 N–H and O–H groups in total. The summed E-state index contributed by atoms with van der Waals surface area (Å²) < 4.78 is 26.9. The molecule has 4 aromatic rings. The van der Waals surface area contributed by atoms with Gasteiger partial charge in [0.05, 0.1) is 28.4 Å². The van der Waals surface area contributed by atoms with Gasteiger partial charge in [0, 0.05) is 47.6 Å². The Kier molecular flexibility index (Phi) is 6.77. The lowest BCUT2D eigenvalue weighted by atomic mass is 10.2. The van der Waals surface area contributed by atoms with Crippen molar-refractivity contribution in [3.05, 3.63) is 72.0 Å². The molecule has 3 aromatic carbocycles. The second kappa shape index (κ2) is 10.1. The van der Waals surface area contributed by atoms with Crippen molar-refractivity contribution in [2.75, 3.05) is 39.1 Å². The summed E-state index contributed by atoms with van der Waals surface area (Å²) in [5.74, 6) is 2.43. The van der Waals surface area contributed by atoms with Gasteiger partial charge in [0.2, 0.25) is 0 Å². The highest BCUT2D eigenvalue weighted by atomic mass is 16.5. The summed E-state index contributed by atoms with van der Waals surface area (Å²) >= 11 is 0. The van der Waals surface area contributed by atoms with Gasteiger partial charge in [-0.2, -0.15) is 0 Å². The minimum Gasteiger partial charge on any atom is -0.497 e. The summed E-state index contributed by atoms with van der Waals surface area (Å²) in [6.45, 7) is 0.571. The normalized spacial score (nSPS) is 10.6. The van der Waals surface area contributed by atoms with E-state index in [9.17, 15) is 4.79 Å². The van der Waals surface area contributed by atoms with Crippen LogP contribution >= 0.6 is 0 Å². The predicted molar refractivity (Wildman–Crippen MR) is 131 cm³/mol. The molecule has 0 aliphatic rings. The molecule has 0 radical (unpaired) electrons. The summed E-state index contributed by atoms with van der Waals surface area (Å²) in [6.07, 6.45) is 0. The molecule has 8 nitrogen and oxygen atoms in total. The fourth-order valence-electron chi connectivity index (χ4n) is 3.51. The molecule has 0 aliphatic carbocycles. The Morgan fingerprint density at radius 1 is 0.735 bits per heavy atom. The Morgan fingerprint density at radius 2 is 1.32 bits per heavy atom. The maximum atomic E-state index is 12.8. The van der Waals surface area contributed by atoms with E-state index in [1.807, 2.05) is 36.4 Å². The first-order chi connectivity index (χ1) is 16.5. The Balaban J connectivity index is 1.48. The van der Waals surface area contributed by atoms with Gasteiger partial charge in [-0.25, -0.2) is 0 Å². The summed E-state index contributed by atoms with van der Waals surface area (Å²) in [5.41, 5.74) is 3.05. The zero-order chi connectivity index (χ0) is 24.1. The van der Waals surface area contributed by atoms with Gasteiger partial charge in [-0.05, 0) is 42.0 Å². The summed E-state index contributed by atoms with van der Waals surface area (Å²) in [4.78, 5) is 12.8. The standard InChI is InChI=1S/C26H26N2O6/c1-30-20-7-16(8-21(13-20)31-2)15-27-18-5-6-24-17(9-18)10-25(34-24)26(29)28-19-11-22(32-3)14-23(12-19)33-4/h5-14,27H,15H2,1-4H3,(H,28,29). The molecular weight excluding hydrogens is 436 g/mol. The minimum absolute atomic E-state index is 0.200. The van der Waals surface area contributed by atoms with Crippen LogP contribution in [0, 0.1) is 0 Å². The molecule has 176 valence electrons. The van der Waals surface area contributed by atoms with Crippen LogP contribution in [0.15, 0.2) is 65.1 Å². The molecule has 1 heterocycles. The van der Waals surface area contributed by atoms with Gasteiger partial charge < -0.3 is 34.0 Å². The summed E-state index contributed by atoms with van der Waals surface area (Å²) in [5, 5.41) is 7.00. The fourth-order valence-corrected chi connectivity index (χ4v) is 3.51. The van der Waals surface area contributed by atoms with Gasteiger partial charge >= 0.3 is 0 Å². The lowest BCUT2D eigenvalue weighted by Gasteiger charge is -2.10. The van der Waals surface area contributed by atoms with Gasteiger partial charge in [0.15, 0.2) is 5.76 Å². The summed E-state index contributed by atoms with van der Waals surface area (Å²) in [7, 11) is 6.35. The highest BCUT2D eigenvalue weighted by Crippen LogP contribution is 2.28. The topological polar surface area (TPSA) is 91.2 Å². The molecule has 4 rings (SSSR count). The molecule has 0 unspecified atom stereocenters. The predicted octanol–water partition coefficient (Wildman–Crippen LogP) is 5.33. The maximum absolute atomic E-state index is 12.8. The minimum atomic E-state index is -0.371. The molecule has 0 saturated heterocycles. The maximum Gasteiger partial charge on any atom is 0.291 e. The van der Waals surface area contributed by atoms with E-state index in [-0.39, 0.29) is 11.7 Å². The second-order valence-electron chi connectivity index (χ2n) is 7.49. The molecule has 0 spiro atoms. The fraction of sp³-hybridized carbons (Fsp3) is 0.192. The van der Waals surface area contributed by atoms with Crippen molar-refractivity contribution in [1.82, 2.24) is 0 Å². The Hall–Kier alpha value is -4.33. The zero-order valence-electron chi connectivity index (χ0n) is 19.4. The van der Waals surface area contributed by atoms with E-state index in [0.717, 1.165) is 28.1 Å². The van der Waals surface area contributed by atoms with Crippen molar-refractivity contribution in [2.45, 2.75) is 6.54 Å². The number of methoxy groups -OCH3 is 4. The average Bonchev–Trinajstić information content (AvgIpc) is 3.30. The van der Waals surface area contributed by atoms with Crippen molar-refractivity contribution >= 4 is 28.3 Å². The third-order valence-corrected chi connectivity index (χ3v) is 5.26. The first-order valence-corrected chi connectivity index (χ1v) is 10.5. The van der Waals surface area contributed by atoms with Crippen LogP contribution in [0.3, 0.4) is 0 Å². The Morgan fingerprint density at radius 3 is 1.91 bits per heavy atom. The molecule has 34 heavy (non-hydrogen) atoms. The van der Waals surface area contributed by atoms with Gasteiger partial charge in [-0.3, -0.25) is 4.79 Å². The number of rotatable bonds is 9. The van der Waals surface area contributed by atoms with Crippen molar-refractivity contribution in [3.8, 4) is 23.0 Å². The third-order valence-electron chi connectivity index (χ3n) is 5.26. The third kappa shape index (κ3) is 5.17. The molecule has 1 aromatic heterocycles. The van der Waals surface area contributed by atoms with E-state index in [1.54, 1.807) is 52.7 Å². The molecule has 0 saturated carbocycles. The van der Waals surface area contributed by atoms with Gasteiger partial charge in [-0.1, -0.05) is 0 Å². The number of carbonyl (C=O) groups excluding carboxylic acids is 1. The molecule has 0 fully saturated rings. The van der Waals surface area contributed by atoms with E-state index in [0.29, 0.717) is 29.3 Å². The zero-order valence-corrected chi connectivity index (χ0v) is 19.4. The van der Waals surface area contributed by atoms with Crippen molar-refractivity contribution in [2.24, 2.45) is 0 Å². The summed E-state index contributed by atoms with van der Waals surface area (Å²) in [6, 6.07) is 18.2. The first-order valence-electron chi connectivity index (χ1n) is 10.5. The van der Waals surface area contributed by atoms with Crippen LogP contribution < -0.4 is 29.6 Å². The van der Waals surface area contributed by atoms with Crippen LogP contribution in [-0.4, -0.2) is 34.3 Å². The van der Waals surface area contributed by atoms with Gasteiger partial charge in [0.25, 0.3) is 5.91 Å². The smallest absolute Gasteiger partial charge is 0.291 e. The van der Waals surface area contributed by atoms with Crippen LogP contribution in [0.25, 0.3) is 11.0 Å². The van der Waals surface area contributed by atoms with Crippen LogP contribution in [0.1, 0.15) is 16.1 Å². The quantitative estimate of drug-likeness (QED) is 0.347. The number of hydrogen-bond donors (Lipinski definition) is 2. The number of amides is 1. The number of ether oxygens (including phenoxy) is 4. The highest BCUT2D eigenvalue weighted by molar-refractivity contribution is 6.05. The number of benzene rings is 3. The van der Waals surface area contributed by atoms with Crippen LogP contribution in [0.2, 0.25) is 0 Å². The lowest BCUT2D eigenvalue weighted by Crippen LogP contribution is -2.11. The molecular formula is C26H26N2O6. The molecule has 0 aliphatic heterocycles. The van der Waals surface area contributed by atoms with Gasteiger partial charge in [-0.15, -0.1) is 0 Å². The number of fused-ring (bicyclic) bond motifs is 1. The van der Waals surface area contributed by atoms with Crippen LogP contribution in [0.5, 0.6) is 23.0 Å². The van der Waals surface area contributed by atoms with E-state index < -0.39 is 0 Å². The number of hydrogen-bond acceptors (Lipinski definition) is 7. The molecule has 0 bridgehead atoms.